The van der Waals surface area contributed by atoms with E-state index in [0.717, 1.165) is 12.8 Å². The molecule has 3 rings (SSSR count). The van der Waals surface area contributed by atoms with E-state index in [2.05, 4.69) is 12.2 Å². The topological polar surface area (TPSA) is 125 Å². The molecule has 2 aromatic carbocycles. The molecule has 216 valence electrons. The highest BCUT2D eigenvalue weighted by Gasteiger charge is 2.33. The van der Waals surface area contributed by atoms with Gasteiger partial charge in [0.2, 0.25) is 0 Å². The van der Waals surface area contributed by atoms with Gasteiger partial charge >= 0.3 is 11.9 Å². The molecule has 8 nitrogen and oxygen atoms in total. The average Bonchev–Trinajstić information content (AvgIpc) is 2.93. The van der Waals surface area contributed by atoms with Crippen LogP contribution >= 0.6 is 11.8 Å². The molecule has 40 heavy (non-hydrogen) atoms. The van der Waals surface area contributed by atoms with Crippen LogP contribution in [-0.2, 0) is 19.1 Å². The van der Waals surface area contributed by atoms with Gasteiger partial charge in [-0.2, -0.15) is 0 Å². The molecule has 1 aliphatic carbocycles. The Bertz CT molecular complexity index is 1230. The number of carbonyl (C=O) groups is 4. The van der Waals surface area contributed by atoms with Crippen molar-refractivity contribution in [2.75, 3.05) is 42.3 Å². The number of carbonyl (C=O) groups excluding carboxylic acids is 4. The van der Waals surface area contributed by atoms with Crippen LogP contribution in [0, 0.1) is 5.41 Å². The van der Waals surface area contributed by atoms with Gasteiger partial charge in [-0.3, -0.25) is 19.2 Å². The molecule has 0 bridgehead atoms. The molecule has 0 radical (unpaired) electrons. The van der Waals surface area contributed by atoms with Gasteiger partial charge < -0.3 is 20.5 Å². The first-order valence-corrected chi connectivity index (χ1v) is 15.1. The number of thioether (sulfide) groups is 1. The molecule has 0 amide bonds. The highest BCUT2D eigenvalue weighted by atomic mass is 32.2. The van der Waals surface area contributed by atoms with E-state index in [1.165, 1.54) is 37.4 Å². The second-order valence-corrected chi connectivity index (χ2v) is 11.6. The Morgan fingerprint density at radius 1 is 0.875 bits per heavy atom. The Balaban J connectivity index is 1.42. The van der Waals surface area contributed by atoms with Crippen LogP contribution in [0.15, 0.2) is 36.4 Å². The third-order valence-corrected chi connectivity index (χ3v) is 8.12. The van der Waals surface area contributed by atoms with E-state index < -0.39 is 5.41 Å². The molecular formula is C31H40N2O6S. The van der Waals surface area contributed by atoms with E-state index in [0.29, 0.717) is 29.2 Å². The number of fused-ring (bicyclic) bond motifs is 2. The summed E-state index contributed by atoms with van der Waals surface area (Å²) in [6.07, 6.45) is 6.79. The number of anilines is 2. The van der Waals surface area contributed by atoms with Crippen LogP contribution in [0.3, 0.4) is 0 Å². The van der Waals surface area contributed by atoms with E-state index in [4.69, 9.17) is 15.2 Å². The number of nitrogens with two attached hydrogens (primary N) is 1. The quantitative estimate of drug-likeness (QED) is 0.128. The number of nitrogens with one attached hydrogen (secondary N) is 1. The minimum atomic E-state index is -0.795. The lowest BCUT2D eigenvalue weighted by Gasteiger charge is -2.23. The maximum Gasteiger partial charge on any atom is 0.315 e. The number of nitrogen functional groups attached to an aromatic ring is 1. The largest absolute Gasteiger partial charge is 0.465 e. The fourth-order valence-electron chi connectivity index (χ4n) is 4.48. The standard InChI is InChI=1S/C31H40N2O6S/c1-4-5-6-7-8-11-17-38-25(34)19-40-20-31(2,3)30(37)39-18-16-33-24-15-14-23(32)26-27(24)29(36)22-13-10-9-12-21(22)28(26)35/h9-10,12-15,33H,4-8,11,16-20,32H2,1-3H3. The summed E-state index contributed by atoms with van der Waals surface area (Å²) < 4.78 is 10.8. The Morgan fingerprint density at radius 2 is 1.52 bits per heavy atom. The van der Waals surface area contributed by atoms with Crippen molar-refractivity contribution in [2.24, 2.45) is 5.41 Å². The van der Waals surface area contributed by atoms with E-state index >= 15 is 0 Å². The molecule has 0 spiro atoms. The number of rotatable bonds is 16. The fourth-order valence-corrected chi connectivity index (χ4v) is 5.46. The van der Waals surface area contributed by atoms with Gasteiger partial charge in [-0.15, -0.1) is 11.8 Å². The monoisotopic (exact) mass is 568 g/mol. The summed E-state index contributed by atoms with van der Waals surface area (Å²) in [7, 11) is 0. The number of esters is 2. The minimum absolute atomic E-state index is 0.0606. The predicted molar refractivity (Wildman–Crippen MR) is 159 cm³/mol. The van der Waals surface area contributed by atoms with E-state index in [1.54, 1.807) is 50.2 Å². The molecule has 1 aliphatic rings. The summed E-state index contributed by atoms with van der Waals surface area (Å²) in [5.41, 5.74) is 7.07. The SMILES string of the molecule is CCCCCCCCOC(=O)CSCC(C)(C)C(=O)OCCNc1ccc(N)c2c1C(=O)c1ccccc1C2=O. The van der Waals surface area contributed by atoms with Crippen LogP contribution in [0.5, 0.6) is 0 Å². The first-order chi connectivity index (χ1) is 19.2. The Labute approximate surface area is 240 Å². The molecule has 2 aromatic rings. The lowest BCUT2D eigenvalue weighted by molar-refractivity contribution is -0.152. The zero-order valence-corrected chi connectivity index (χ0v) is 24.5. The molecule has 0 aliphatic heterocycles. The summed E-state index contributed by atoms with van der Waals surface area (Å²) in [5, 5.41) is 3.11. The van der Waals surface area contributed by atoms with Gasteiger partial charge in [-0.1, -0.05) is 63.3 Å². The molecular weight excluding hydrogens is 528 g/mol. The Morgan fingerprint density at radius 3 is 2.23 bits per heavy atom. The first-order valence-electron chi connectivity index (χ1n) is 13.9. The van der Waals surface area contributed by atoms with Gasteiger partial charge in [0.1, 0.15) is 6.61 Å². The van der Waals surface area contributed by atoms with Gasteiger partial charge in [0, 0.05) is 34.8 Å². The van der Waals surface area contributed by atoms with Crippen molar-refractivity contribution < 1.29 is 28.7 Å². The van der Waals surface area contributed by atoms with Crippen LogP contribution in [0.1, 0.15) is 91.1 Å². The highest BCUT2D eigenvalue weighted by Crippen LogP contribution is 2.35. The maximum absolute atomic E-state index is 13.2. The summed E-state index contributed by atoms with van der Waals surface area (Å²) in [6.45, 7) is 6.46. The highest BCUT2D eigenvalue weighted by molar-refractivity contribution is 7.99. The molecule has 0 atom stereocenters. The van der Waals surface area contributed by atoms with Crippen LogP contribution in [0.2, 0.25) is 0 Å². The lowest BCUT2D eigenvalue weighted by atomic mass is 9.82. The number of ether oxygens (including phenoxy) is 2. The smallest absolute Gasteiger partial charge is 0.315 e. The van der Waals surface area contributed by atoms with Gasteiger partial charge in [-0.05, 0) is 32.4 Å². The number of ketones is 2. The Hall–Kier alpha value is -3.33. The summed E-state index contributed by atoms with van der Waals surface area (Å²) in [5.74, 6) is -0.626. The van der Waals surface area contributed by atoms with E-state index in [1.807, 2.05) is 0 Å². The van der Waals surface area contributed by atoms with Crippen molar-refractivity contribution >= 4 is 46.6 Å². The van der Waals surface area contributed by atoms with Crippen molar-refractivity contribution in [3.63, 3.8) is 0 Å². The molecule has 0 heterocycles. The molecule has 0 unspecified atom stereocenters. The zero-order chi connectivity index (χ0) is 29.1. The second-order valence-electron chi connectivity index (χ2n) is 10.6. The van der Waals surface area contributed by atoms with Crippen molar-refractivity contribution in [3.05, 3.63) is 58.7 Å². The Kier molecular flexibility index (Phi) is 11.6. The fraction of sp³-hybridized carbons (Fsp3) is 0.484. The molecule has 0 saturated heterocycles. The van der Waals surface area contributed by atoms with Crippen molar-refractivity contribution in [2.45, 2.75) is 59.3 Å². The number of hydrogen-bond donors (Lipinski definition) is 2. The summed E-state index contributed by atoms with van der Waals surface area (Å²) in [4.78, 5) is 50.9. The molecule has 9 heteroatoms. The molecule has 3 N–H and O–H groups in total. The number of hydrogen-bond acceptors (Lipinski definition) is 9. The lowest BCUT2D eigenvalue weighted by Crippen LogP contribution is -2.31. The first kappa shape index (κ1) is 31.2. The number of unbranched alkanes of at least 4 members (excludes halogenated alkanes) is 5. The van der Waals surface area contributed by atoms with E-state index in [9.17, 15) is 19.2 Å². The average molecular weight is 569 g/mol. The third kappa shape index (κ3) is 8.10. The van der Waals surface area contributed by atoms with Crippen LogP contribution < -0.4 is 11.1 Å². The zero-order valence-electron chi connectivity index (χ0n) is 23.7. The van der Waals surface area contributed by atoms with Gasteiger partial charge in [0.15, 0.2) is 11.6 Å². The summed E-state index contributed by atoms with van der Waals surface area (Å²) in [6, 6.07) is 9.92. The predicted octanol–water partition coefficient (Wildman–Crippen LogP) is 5.66. The van der Waals surface area contributed by atoms with Gasteiger partial charge in [0.05, 0.1) is 28.9 Å². The second kappa shape index (κ2) is 14.9. The molecule has 0 fully saturated rings. The summed E-state index contributed by atoms with van der Waals surface area (Å²) >= 11 is 1.35. The van der Waals surface area contributed by atoms with Crippen LogP contribution in [-0.4, -0.2) is 54.8 Å². The third-order valence-electron chi connectivity index (χ3n) is 6.76. The minimum Gasteiger partial charge on any atom is -0.465 e. The normalized spacial score (nSPS) is 12.5. The van der Waals surface area contributed by atoms with Crippen molar-refractivity contribution in [1.82, 2.24) is 0 Å². The van der Waals surface area contributed by atoms with Gasteiger partial charge in [-0.25, -0.2) is 0 Å². The van der Waals surface area contributed by atoms with Crippen molar-refractivity contribution in [3.8, 4) is 0 Å². The number of benzene rings is 2. The van der Waals surface area contributed by atoms with Crippen molar-refractivity contribution in [1.29, 1.82) is 0 Å². The van der Waals surface area contributed by atoms with Gasteiger partial charge in [0.25, 0.3) is 0 Å². The van der Waals surface area contributed by atoms with E-state index in [-0.39, 0.29) is 59.2 Å². The molecule has 0 saturated carbocycles. The van der Waals surface area contributed by atoms with Crippen LogP contribution in [0.4, 0.5) is 11.4 Å². The van der Waals surface area contributed by atoms with Crippen LogP contribution in [0.25, 0.3) is 0 Å². The maximum atomic E-state index is 13.2. The molecule has 0 aromatic heterocycles.